The summed E-state index contributed by atoms with van der Waals surface area (Å²) in [5.74, 6) is 0.866. The summed E-state index contributed by atoms with van der Waals surface area (Å²) in [5, 5.41) is 0. The molecule has 0 atom stereocenters. The highest BCUT2D eigenvalue weighted by Crippen LogP contribution is 2.32. The van der Waals surface area contributed by atoms with Crippen LogP contribution in [0.15, 0.2) is 42.5 Å². The van der Waals surface area contributed by atoms with E-state index in [1.54, 1.807) is 7.11 Å². The molecule has 2 aromatic carbocycles. The molecule has 0 amide bonds. The van der Waals surface area contributed by atoms with Gasteiger partial charge in [-0.15, -0.1) is 0 Å². The van der Waals surface area contributed by atoms with Crippen molar-refractivity contribution in [3.8, 4) is 16.9 Å². The maximum atomic E-state index is 5.39. The molecule has 0 aliphatic heterocycles. The summed E-state index contributed by atoms with van der Waals surface area (Å²) < 4.78 is 5.39. The van der Waals surface area contributed by atoms with Crippen molar-refractivity contribution in [1.82, 2.24) is 0 Å². The lowest BCUT2D eigenvalue weighted by Gasteiger charge is -2.23. The van der Waals surface area contributed by atoms with Gasteiger partial charge in [0.05, 0.1) is 7.11 Å². The lowest BCUT2D eigenvalue weighted by Crippen LogP contribution is -2.14. The van der Waals surface area contributed by atoms with Crippen LogP contribution in [0.5, 0.6) is 5.75 Å². The predicted molar refractivity (Wildman–Crippen MR) is 80.6 cm³/mol. The zero-order valence-electron chi connectivity index (χ0n) is 12.2. The van der Waals surface area contributed by atoms with E-state index in [0.29, 0.717) is 0 Å². The van der Waals surface area contributed by atoms with Gasteiger partial charge in [0.15, 0.2) is 0 Å². The lowest BCUT2D eigenvalue weighted by atomic mass is 9.82. The topological polar surface area (TPSA) is 9.23 Å². The minimum absolute atomic E-state index is 0.225. The molecule has 1 radical (unpaired) electrons. The van der Waals surface area contributed by atoms with Gasteiger partial charge in [0, 0.05) is 5.56 Å². The van der Waals surface area contributed by atoms with E-state index in [-0.39, 0.29) is 5.41 Å². The van der Waals surface area contributed by atoms with E-state index in [4.69, 9.17) is 4.74 Å². The van der Waals surface area contributed by atoms with Crippen LogP contribution in [-0.2, 0) is 5.41 Å². The fourth-order valence-corrected chi connectivity index (χ4v) is 2.11. The largest absolute Gasteiger partial charge is 0.496 e. The molecule has 1 heteroatoms. The molecule has 0 spiro atoms. The van der Waals surface area contributed by atoms with Gasteiger partial charge in [0.25, 0.3) is 0 Å². The first kappa shape index (κ1) is 13.7. The highest BCUT2D eigenvalue weighted by Gasteiger charge is 2.17. The van der Waals surface area contributed by atoms with Gasteiger partial charge < -0.3 is 4.74 Å². The predicted octanol–water partition coefficient (Wildman–Crippen LogP) is 4.85. The van der Waals surface area contributed by atoms with E-state index in [2.05, 4.69) is 51.1 Å². The molecule has 2 aromatic rings. The summed E-state index contributed by atoms with van der Waals surface area (Å²) in [7, 11) is 1.70. The minimum Gasteiger partial charge on any atom is -0.496 e. The van der Waals surface area contributed by atoms with Crippen LogP contribution in [0.2, 0.25) is 0 Å². The summed E-state index contributed by atoms with van der Waals surface area (Å²) in [4.78, 5) is 0. The second kappa shape index (κ2) is 5.48. The van der Waals surface area contributed by atoms with E-state index < -0.39 is 0 Å². The Kier molecular flexibility index (Phi) is 3.94. The normalized spacial score (nSPS) is 11.4. The van der Waals surface area contributed by atoms with Gasteiger partial charge in [-0.3, -0.25) is 0 Å². The Labute approximate surface area is 116 Å². The fourth-order valence-electron chi connectivity index (χ4n) is 2.11. The molecule has 0 heterocycles. The molecule has 0 aliphatic rings. The lowest BCUT2D eigenvalue weighted by molar-refractivity contribution is 0.416. The highest BCUT2D eigenvalue weighted by atomic mass is 16.5. The third-order valence-corrected chi connectivity index (χ3v) is 3.88. The van der Waals surface area contributed by atoms with Crippen molar-refractivity contribution >= 4 is 0 Å². The molecule has 99 valence electrons. The molecule has 0 N–H and O–H groups in total. The van der Waals surface area contributed by atoms with Crippen molar-refractivity contribution in [2.75, 3.05) is 7.11 Å². The van der Waals surface area contributed by atoms with Gasteiger partial charge in [-0.1, -0.05) is 57.2 Å². The maximum Gasteiger partial charge on any atom is 0.127 e. The quantitative estimate of drug-likeness (QED) is 0.756. The first-order valence-corrected chi connectivity index (χ1v) is 6.74. The van der Waals surface area contributed by atoms with Crippen molar-refractivity contribution < 1.29 is 4.74 Å². The molecule has 1 nitrogen and oxygen atoms in total. The Morgan fingerprint density at radius 2 is 1.79 bits per heavy atom. The van der Waals surface area contributed by atoms with Gasteiger partial charge in [0.1, 0.15) is 5.75 Å². The molecule has 0 saturated carbocycles. The molecule has 19 heavy (non-hydrogen) atoms. The van der Waals surface area contributed by atoms with Crippen LogP contribution >= 0.6 is 0 Å². The Bertz CT molecular complexity index is 538. The summed E-state index contributed by atoms with van der Waals surface area (Å²) in [6.45, 7) is 6.77. The van der Waals surface area contributed by atoms with Crippen molar-refractivity contribution in [2.24, 2.45) is 0 Å². The Hall–Kier alpha value is -1.76. The van der Waals surface area contributed by atoms with Crippen molar-refractivity contribution in [2.45, 2.75) is 32.6 Å². The summed E-state index contributed by atoms with van der Waals surface area (Å²) >= 11 is 0. The maximum absolute atomic E-state index is 5.39. The van der Waals surface area contributed by atoms with Crippen LogP contribution in [-0.4, -0.2) is 7.11 Å². The van der Waals surface area contributed by atoms with Crippen LogP contribution < -0.4 is 4.74 Å². The van der Waals surface area contributed by atoms with Crippen LogP contribution in [0, 0.1) is 6.07 Å². The zero-order chi connectivity index (χ0) is 13.9. The van der Waals surface area contributed by atoms with Crippen LogP contribution in [0.3, 0.4) is 0 Å². The molecule has 0 bridgehead atoms. The van der Waals surface area contributed by atoms with E-state index in [9.17, 15) is 0 Å². The van der Waals surface area contributed by atoms with Crippen LogP contribution in [0.25, 0.3) is 11.1 Å². The van der Waals surface area contributed by atoms with E-state index in [0.717, 1.165) is 23.3 Å². The van der Waals surface area contributed by atoms with E-state index in [1.165, 1.54) is 5.56 Å². The minimum atomic E-state index is 0.225. The van der Waals surface area contributed by atoms with Gasteiger partial charge in [-0.25, -0.2) is 0 Å². The van der Waals surface area contributed by atoms with Gasteiger partial charge in [-0.2, -0.15) is 0 Å². The zero-order valence-corrected chi connectivity index (χ0v) is 12.2. The smallest absolute Gasteiger partial charge is 0.127 e. The molecule has 0 fully saturated rings. The summed E-state index contributed by atoms with van der Waals surface area (Å²) in [6.07, 6.45) is 1.13. The number of methoxy groups -OCH3 is 1. The van der Waals surface area contributed by atoms with Gasteiger partial charge in [0.2, 0.25) is 0 Å². The fraction of sp³-hybridized carbons (Fsp3) is 0.333. The highest BCUT2D eigenvalue weighted by molar-refractivity contribution is 5.70. The number of benzene rings is 2. The molecule has 0 unspecified atom stereocenters. The van der Waals surface area contributed by atoms with Crippen LogP contribution in [0.4, 0.5) is 0 Å². The van der Waals surface area contributed by atoms with E-state index in [1.807, 2.05) is 18.2 Å². The molecule has 0 aromatic heterocycles. The average Bonchev–Trinajstić information content (AvgIpc) is 2.47. The van der Waals surface area contributed by atoms with Crippen LogP contribution in [0.1, 0.15) is 32.8 Å². The van der Waals surface area contributed by atoms with Crippen molar-refractivity contribution in [3.63, 3.8) is 0 Å². The van der Waals surface area contributed by atoms with Crippen molar-refractivity contribution in [1.29, 1.82) is 0 Å². The second-order valence-corrected chi connectivity index (χ2v) is 5.43. The molecular formula is C18H21O. The number of hydrogen-bond acceptors (Lipinski definition) is 1. The van der Waals surface area contributed by atoms with Crippen molar-refractivity contribution in [3.05, 3.63) is 54.1 Å². The number of rotatable bonds is 4. The standard InChI is InChI=1S/C18H21O/c1-5-18(2,3)15-12-10-14(11-13-15)16-8-6-7-9-17(16)19-4/h6-7,9-13H,5H2,1-4H3. The average molecular weight is 253 g/mol. The van der Waals surface area contributed by atoms with E-state index >= 15 is 0 Å². The Balaban J connectivity index is 2.38. The molecule has 0 aliphatic carbocycles. The van der Waals surface area contributed by atoms with Gasteiger partial charge in [-0.05, 0) is 35.1 Å². The summed E-state index contributed by atoms with van der Waals surface area (Å²) in [6, 6.07) is 17.8. The first-order valence-electron chi connectivity index (χ1n) is 6.74. The SMILES string of the molecule is CCC(C)(C)c1ccc(-c2[c]cccc2OC)cc1. The molecule has 2 rings (SSSR count). The summed E-state index contributed by atoms with van der Waals surface area (Å²) in [5.41, 5.74) is 3.76. The van der Waals surface area contributed by atoms with Gasteiger partial charge >= 0.3 is 0 Å². The second-order valence-electron chi connectivity index (χ2n) is 5.43. The molecular weight excluding hydrogens is 232 g/mol. The third kappa shape index (κ3) is 2.81. The Morgan fingerprint density at radius 1 is 1.11 bits per heavy atom. The first-order chi connectivity index (χ1) is 9.08. The third-order valence-electron chi connectivity index (χ3n) is 3.88. The number of ether oxygens (including phenoxy) is 1. The Morgan fingerprint density at radius 3 is 2.37 bits per heavy atom. The monoisotopic (exact) mass is 253 g/mol. The number of hydrogen-bond donors (Lipinski definition) is 0. The molecule has 0 saturated heterocycles.